The Balaban J connectivity index is 1.62. The average molecular weight is 380 g/mol. The second kappa shape index (κ2) is 7.76. The number of anilines is 1. The Morgan fingerprint density at radius 3 is 2.43 bits per heavy atom. The number of aliphatic hydroxyl groups excluding tert-OH is 1. The second-order valence-electron chi connectivity index (χ2n) is 8.36. The van der Waals surface area contributed by atoms with Crippen molar-refractivity contribution in [3.8, 4) is 0 Å². The topological polar surface area (TPSA) is 69.6 Å². The van der Waals surface area contributed by atoms with Crippen LogP contribution in [0.4, 0.5) is 5.69 Å². The third-order valence-corrected chi connectivity index (χ3v) is 5.23. The summed E-state index contributed by atoms with van der Waals surface area (Å²) in [7, 11) is 0. The molecule has 1 aliphatic rings. The minimum Gasteiger partial charge on any atom is -0.387 e. The highest BCUT2D eigenvalue weighted by molar-refractivity contribution is 5.97. The molecule has 28 heavy (non-hydrogen) atoms. The molecule has 5 nitrogen and oxygen atoms in total. The van der Waals surface area contributed by atoms with Crippen LogP contribution in [0.2, 0.25) is 0 Å². The summed E-state index contributed by atoms with van der Waals surface area (Å²) in [5, 5.41) is 13.2. The molecule has 0 saturated heterocycles. The van der Waals surface area contributed by atoms with Gasteiger partial charge in [-0.15, -0.1) is 0 Å². The summed E-state index contributed by atoms with van der Waals surface area (Å²) in [5.74, 6) is -0.217. The zero-order chi connectivity index (χ0) is 20.5. The Morgan fingerprint density at radius 2 is 1.82 bits per heavy atom. The Hall–Kier alpha value is -2.66. The molecule has 148 valence electrons. The Morgan fingerprint density at radius 1 is 1.14 bits per heavy atom. The first-order valence-electron chi connectivity index (χ1n) is 9.64. The molecule has 2 aromatic carbocycles. The van der Waals surface area contributed by atoms with Crippen molar-refractivity contribution in [2.75, 3.05) is 18.0 Å². The monoisotopic (exact) mass is 380 g/mol. The molecule has 3 rings (SSSR count). The van der Waals surface area contributed by atoms with E-state index >= 15 is 0 Å². The van der Waals surface area contributed by atoms with Gasteiger partial charge in [0, 0.05) is 31.3 Å². The first-order valence-corrected chi connectivity index (χ1v) is 9.64. The molecule has 0 saturated carbocycles. The average Bonchev–Trinajstić information content (AvgIpc) is 3.08. The highest BCUT2D eigenvalue weighted by Crippen LogP contribution is 2.29. The van der Waals surface area contributed by atoms with Crippen LogP contribution in [0.3, 0.4) is 0 Å². The number of aliphatic hydroxyl groups is 1. The lowest BCUT2D eigenvalue weighted by atomic mass is 9.86. The molecule has 2 N–H and O–H groups in total. The highest BCUT2D eigenvalue weighted by Gasteiger charge is 2.23. The number of benzene rings is 2. The number of fused-ring (bicyclic) bond motifs is 1. The van der Waals surface area contributed by atoms with Gasteiger partial charge < -0.3 is 15.3 Å². The van der Waals surface area contributed by atoms with Crippen LogP contribution in [-0.4, -0.2) is 30.0 Å². The molecule has 0 fully saturated rings. The van der Waals surface area contributed by atoms with Crippen LogP contribution in [0.15, 0.2) is 42.5 Å². The maximum Gasteiger partial charge on any atom is 0.251 e. The SMILES string of the molecule is CC(=O)N1CCc2cc(C(=O)NCC(O)c3ccc(C(C)(C)C)cc3)ccc21. The van der Waals surface area contributed by atoms with Crippen LogP contribution >= 0.6 is 0 Å². The maximum atomic E-state index is 12.5. The van der Waals surface area contributed by atoms with Crippen molar-refractivity contribution in [1.29, 1.82) is 0 Å². The summed E-state index contributed by atoms with van der Waals surface area (Å²) in [5.41, 5.74) is 4.46. The van der Waals surface area contributed by atoms with Gasteiger partial charge in [0.2, 0.25) is 5.91 Å². The Bertz CT molecular complexity index is 882. The van der Waals surface area contributed by atoms with Gasteiger partial charge in [0.1, 0.15) is 0 Å². The minimum absolute atomic E-state index is 0.0107. The van der Waals surface area contributed by atoms with E-state index in [1.165, 1.54) is 5.56 Å². The van der Waals surface area contributed by atoms with Crippen molar-refractivity contribution in [2.24, 2.45) is 0 Å². The third-order valence-electron chi connectivity index (χ3n) is 5.23. The van der Waals surface area contributed by atoms with Crippen LogP contribution in [0.5, 0.6) is 0 Å². The molecule has 0 aliphatic carbocycles. The molecule has 1 unspecified atom stereocenters. The lowest BCUT2D eigenvalue weighted by molar-refractivity contribution is -0.116. The normalized spacial score (nSPS) is 14.5. The maximum absolute atomic E-state index is 12.5. The van der Waals surface area contributed by atoms with Crippen molar-refractivity contribution in [1.82, 2.24) is 5.32 Å². The summed E-state index contributed by atoms with van der Waals surface area (Å²) in [4.78, 5) is 25.8. The van der Waals surface area contributed by atoms with Gasteiger partial charge in [-0.3, -0.25) is 9.59 Å². The van der Waals surface area contributed by atoms with E-state index in [0.717, 1.165) is 23.2 Å². The van der Waals surface area contributed by atoms with Gasteiger partial charge in [-0.05, 0) is 46.7 Å². The van der Waals surface area contributed by atoms with Crippen LogP contribution < -0.4 is 10.2 Å². The second-order valence-corrected chi connectivity index (χ2v) is 8.36. The standard InChI is InChI=1S/C23H28N2O3/c1-15(26)25-12-11-17-13-18(7-10-20(17)25)22(28)24-14-21(27)16-5-8-19(9-6-16)23(2,3)4/h5-10,13,21,27H,11-12,14H2,1-4H3,(H,24,28). The number of nitrogens with zero attached hydrogens (tertiary/aromatic N) is 1. The van der Waals surface area contributed by atoms with Crippen LogP contribution in [-0.2, 0) is 16.6 Å². The first-order chi connectivity index (χ1) is 13.2. The fraction of sp³-hybridized carbons (Fsp3) is 0.391. The molecule has 1 atom stereocenters. The molecule has 0 aromatic heterocycles. The van der Waals surface area contributed by atoms with Crippen LogP contribution in [0.25, 0.3) is 0 Å². The number of carbonyl (C=O) groups is 2. The number of rotatable bonds is 4. The number of nitrogens with one attached hydrogen (secondary N) is 1. The number of amides is 2. The lowest BCUT2D eigenvalue weighted by Crippen LogP contribution is -2.28. The molecular formula is C23H28N2O3. The zero-order valence-electron chi connectivity index (χ0n) is 17.0. The van der Waals surface area contributed by atoms with E-state index in [0.29, 0.717) is 12.1 Å². The molecule has 0 bridgehead atoms. The third kappa shape index (κ3) is 4.25. The minimum atomic E-state index is -0.763. The number of hydrogen-bond acceptors (Lipinski definition) is 3. The molecule has 5 heteroatoms. The Labute approximate surface area is 166 Å². The summed E-state index contributed by atoms with van der Waals surface area (Å²) in [6.45, 7) is 8.77. The quantitative estimate of drug-likeness (QED) is 0.855. The molecule has 1 heterocycles. The molecule has 0 spiro atoms. The molecular weight excluding hydrogens is 352 g/mol. The number of carbonyl (C=O) groups excluding carboxylic acids is 2. The predicted octanol–water partition coefficient (Wildman–Crippen LogP) is 3.36. The molecule has 0 radical (unpaired) electrons. The fourth-order valence-corrected chi connectivity index (χ4v) is 3.48. The summed E-state index contributed by atoms with van der Waals surface area (Å²) in [6.07, 6.45) is -0.0145. The van der Waals surface area contributed by atoms with E-state index in [2.05, 4.69) is 26.1 Å². The van der Waals surface area contributed by atoms with Gasteiger partial charge in [-0.2, -0.15) is 0 Å². The van der Waals surface area contributed by atoms with Crippen molar-refractivity contribution < 1.29 is 14.7 Å². The molecule has 2 aromatic rings. The molecule has 2 amide bonds. The summed E-state index contributed by atoms with van der Waals surface area (Å²) in [6, 6.07) is 13.2. The van der Waals surface area contributed by atoms with E-state index in [-0.39, 0.29) is 23.8 Å². The smallest absolute Gasteiger partial charge is 0.251 e. The van der Waals surface area contributed by atoms with Crippen LogP contribution in [0, 0.1) is 0 Å². The summed E-state index contributed by atoms with van der Waals surface area (Å²) >= 11 is 0. The summed E-state index contributed by atoms with van der Waals surface area (Å²) < 4.78 is 0. The van der Waals surface area contributed by atoms with Crippen LogP contribution in [0.1, 0.15) is 60.8 Å². The van der Waals surface area contributed by atoms with Crippen molar-refractivity contribution in [3.63, 3.8) is 0 Å². The van der Waals surface area contributed by atoms with E-state index < -0.39 is 6.10 Å². The Kier molecular flexibility index (Phi) is 5.57. The lowest BCUT2D eigenvalue weighted by Gasteiger charge is -2.20. The molecule has 1 aliphatic heterocycles. The van der Waals surface area contributed by atoms with Gasteiger partial charge in [0.05, 0.1) is 6.10 Å². The van der Waals surface area contributed by atoms with Gasteiger partial charge in [-0.25, -0.2) is 0 Å². The highest BCUT2D eigenvalue weighted by atomic mass is 16.3. The van der Waals surface area contributed by atoms with Gasteiger partial charge in [-0.1, -0.05) is 45.0 Å². The first kappa shape index (κ1) is 20.1. The largest absolute Gasteiger partial charge is 0.387 e. The van der Waals surface area contributed by atoms with Crippen molar-refractivity contribution in [3.05, 3.63) is 64.7 Å². The van der Waals surface area contributed by atoms with E-state index in [9.17, 15) is 14.7 Å². The number of hydrogen-bond donors (Lipinski definition) is 2. The van der Waals surface area contributed by atoms with Crippen molar-refractivity contribution in [2.45, 2.75) is 45.6 Å². The van der Waals surface area contributed by atoms with E-state index in [1.807, 2.05) is 36.4 Å². The van der Waals surface area contributed by atoms with Gasteiger partial charge in [0.15, 0.2) is 0 Å². The van der Waals surface area contributed by atoms with E-state index in [4.69, 9.17) is 0 Å². The predicted molar refractivity (Wildman–Crippen MR) is 111 cm³/mol. The van der Waals surface area contributed by atoms with E-state index in [1.54, 1.807) is 17.9 Å². The van der Waals surface area contributed by atoms with Gasteiger partial charge in [0.25, 0.3) is 5.91 Å². The zero-order valence-corrected chi connectivity index (χ0v) is 17.0. The fourth-order valence-electron chi connectivity index (χ4n) is 3.48. The van der Waals surface area contributed by atoms with Crippen molar-refractivity contribution >= 4 is 17.5 Å². The van der Waals surface area contributed by atoms with Gasteiger partial charge >= 0.3 is 0 Å².